The molecule has 2 rings (SSSR count). The molecular weight excluding hydrogens is 349 g/mol. The normalized spacial score (nSPS) is 12.2. The van der Waals surface area contributed by atoms with Crippen molar-refractivity contribution in [2.45, 2.75) is 26.3 Å². The van der Waals surface area contributed by atoms with E-state index < -0.39 is 12.4 Å². The molecule has 2 N–H and O–H groups in total. The van der Waals surface area contributed by atoms with Crippen molar-refractivity contribution < 1.29 is 27.4 Å². The molecule has 1 atom stereocenters. The second-order valence-corrected chi connectivity index (χ2v) is 5.38. The monoisotopic (exact) mass is 368 g/mol. The zero-order chi connectivity index (χ0) is 19.2. The van der Waals surface area contributed by atoms with Crippen molar-refractivity contribution in [2.75, 3.05) is 17.2 Å². The number of ether oxygens (including phenoxy) is 2. The summed E-state index contributed by atoms with van der Waals surface area (Å²) in [6.45, 7) is 4.08. The van der Waals surface area contributed by atoms with Gasteiger partial charge in [0, 0.05) is 11.4 Å². The molecule has 5 nitrogen and oxygen atoms in total. The van der Waals surface area contributed by atoms with Crippen molar-refractivity contribution in [1.82, 2.24) is 0 Å². The summed E-state index contributed by atoms with van der Waals surface area (Å²) in [6.07, 6.45) is -4.74. The van der Waals surface area contributed by atoms with Gasteiger partial charge in [-0.25, -0.2) is 0 Å². The van der Waals surface area contributed by atoms with Gasteiger partial charge in [-0.05, 0) is 62.4 Å². The fourth-order valence-electron chi connectivity index (χ4n) is 2.12. The van der Waals surface area contributed by atoms with Crippen molar-refractivity contribution in [3.05, 3.63) is 48.5 Å². The number of benzene rings is 2. The lowest BCUT2D eigenvalue weighted by atomic mass is 10.2. The summed E-state index contributed by atoms with van der Waals surface area (Å²) in [5.74, 6) is 0.0946. The van der Waals surface area contributed by atoms with Crippen molar-refractivity contribution in [1.29, 1.82) is 0 Å². The largest absolute Gasteiger partial charge is 0.573 e. The van der Waals surface area contributed by atoms with Crippen LogP contribution in [0.5, 0.6) is 11.5 Å². The van der Waals surface area contributed by atoms with Gasteiger partial charge in [0.2, 0.25) is 5.91 Å². The first kappa shape index (κ1) is 19.4. The van der Waals surface area contributed by atoms with Gasteiger partial charge < -0.3 is 20.1 Å². The second kappa shape index (κ2) is 8.46. The molecule has 0 unspecified atom stereocenters. The number of hydrogen-bond donors (Lipinski definition) is 2. The maximum Gasteiger partial charge on any atom is 0.573 e. The Kier molecular flexibility index (Phi) is 6.32. The van der Waals surface area contributed by atoms with E-state index >= 15 is 0 Å². The zero-order valence-corrected chi connectivity index (χ0v) is 14.3. The van der Waals surface area contributed by atoms with E-state index in [2.05, 4.69) is 15.4 Å². The maximum atomic E-state index is 12.2. The lowest BCUT2D eigenvalue weighted by Crippen LogP contribution is -2.31. The minimum Gasteiger partial charge on any atom is -0.494 e. The molecule has 1 amide bonds. The molecule has 0 saturated heterocycles. The molecule has 0 aliphatic heterocycles. The molecule has 0 bridgehead atoms. The van der Waals surface area contributed by atoms with E-state index in [0.29, 0.717) is 23.7 Å². The van der Waals surface area contributed by atoms with Gasteiger partial charge in [0.25, 0.3) is 0 Å². The predicted octanol–water partition coefficient (Wildman–Crippen LogP) is 4.42. The number of amides is 1. The molecule has 0 fully saturated rings. The van der Waals surface area contributed by atoms with Crippen LogP contribution in [0.2, 0.25) is 0 Å². The van der Waals surface area contributed by atoms with Crippen LogP contribution in [0.25, 0.3) is 0 Å². The molecule has 0 saturated carbocycles. The molecule has 2 aromatic rings. The molecule has 140 valence electrons. The first-order chi connectivity index (χ1) is 12.3. The first-order valence-corrected chi connectivity index (χ1v) is 7.93. The molecule has 26 heavy (non-hydrogen) atoms. The minimum atomic E-state index is -4.74. The number of carbonyl (C=O) groups is 1. The summed E-state index contributed by atoms with van der Waals surface area (Å²) in [5.41, 5.74) is 1.11. The summed E-state index contributed by atoms with van der Waals surface area (Å²) in [6, 6.07) is 11.5. The summed E-state index contributed by atoms with van der Waals surface area (Å²) in [7, 11) is 0. The number of nitrogens with one attached hydrogen (secondary N) is 2. The quantitative estimate of drug-likeness (QED) is 0.759. The Balaban J connectivity index is 1.90. The van der Waals surface area contributed by atoms with E-state index in [-0.39, 0.29) is 11.7 Å². The number of halogens is 3. The summed E-state index contributed by atoms with van der Waals surface area (Å²) in [5, 5.41) is 5.65. The lowest BCUT2D eigenvalue weighted by molar-refractivity contribution is -0.274. The van der Waals surface area contributed by atoms with Gasteiger partial charge in [0.1, 0.15) is 17.5 Å². The highest BCUT2D eigenvalue weighted by atomic mass is 19.4. The van der Waals surface area contributed by atoms with Crippen molar-refractivity contribution in [3.8, 4) is 11.5 Å². The summed E-state index contributed by atoms with van der Waals surface area (Å²) < 4.78 is 45.5. The minimum absolute atomic E-state index is 0.287. The number of anilines is 2. The molecule has 0 spiro atoms. The maximum absolute atomic E-state index is 12.2. The first-order valence-electron chi connectivity index (χ1n) is 7.93. The molecule has 0 radical (unpaired) electrons. The third-order valence-corrected chi connectivity index (χ3v) is 3.30. The summed E-state index contributed by atoms with van der Waals surface area (Å²) in [4.78, 5) is 12.2. The Bertz CT molecular complexity index is 716. The van der Waals surface area contributed by atoms with Crippen molar-refractivity contribution >= 4 is 17.3 Å². The fourth-order valence-corrected chi connectivity index (χ4v) is 2.12. The number of hydrogen-bond acceptors (Lipinski definition) is 4. The highest BCUT2D eigenvalue weighted by molar-refractivity contribution is 5.96. The van der Waals surface area contributed by atoms with Gasteiger partial charge in [-0.3, -0.25) is 4.79 Å². The second-order valence-electron chi connectivity index (χ2n) is 5.38. The van der Waals surface area contributed by atoms with E-state index in [0.717, 1.165) is 0 Å². The number of alkyl halides is 3. The van der Waals surface area contributed by atoms with Gasteiger partial charge >= 0.3 is 6.36 Å². The average Bonchev–Trinajstić information content (AvgIpc) is 2.57. The van der Waals surface area contributed by atoms with Gasteiger partial charge in [-0.2, -0.15) is 0 Å². The van der Waals surface area contributed by atoms with Gasteiger partial charge in [0.05, 0.1) is 6.61 Å². The van der Waals surface area contributed by atoms with Gasteiger partial charge in [-0.1, -0.05) is 0 Å². The van der Waals surface area contributed by atoms with Crippen LogP contribution < -0.4 is 20.1 Å². The van der Waals surface area contributed by atoms with Crippen LogP contribution in [0.15, 0.2) is 48.5 Å². The average molecular weight is 368 g/mol. The molecule has 0 aliphatic carbocycles. The number of carbonyl (C=O) groups excluding carboxylic acids is 1. The van der Waals surface area contributed by atoms with Crippen molar-refractivity contribution in [3.63, 3.8) is 0 Å². The molecule has 8 heteroatoms. The van der Waals surface area contributed by atoms with E-state index in [9.17, 15) is 18.0 Å². The molecule has 0 aromatic heterocycles. The highest BCUT2D eigenvalue weighted by Crippen LogP contribution is 2.24. The topological polar surface area (TPSA) is 59.6 Å². The molecule has 0 heterocycles. The Hall–Kier alpha value is -2.90. The lowest BCUT2D eigenvalue weighted by Gasteiger charge is -2.16. The predicted molar refractivity (Wildman–Crippen MR) is 92.5 cm³/mol. The zero-order valence-electron chi connectivity index (χ0n) is 14.3. The highest BCUT2D eigenvalue weighted by Gasteiger charge is 2.31. The standard InChI is InChI=1S/C18H19F3N2O3/c1-3-25-15-8-4-14(5-9-15)23-17(24)12(2)22-13-6-10-16(11-7-13)26-18(19,20)21/h4-12,22H,3H2,1-2H3,(H,23,24)/t12-/m1/s1. The Morgan fingerprint density at radius 3 is 2.08 bits per heavy atom. The van der Waals surface area contributed by atoms with Crippen LogP contribution in [0.3, 0.4) is 0 Å². The van der Waals surface area contributed by atoms with Crippen LogP contribution in [0.1, 0.15) is 13.8 Å². The van der Waals surface area contributed by atoms with E-state index in [1.54, 1.807) is 31.2 Å². The molecule has 0 aliphatic rings. The van der Waals surface area contributed by atoms with Crippen LogP contribution >= 0.6 is 0 Å². The Morgan fingerprint density at radius 1 is 1.00 bits per heavy atom. The van der Waals surface area contributed by atoms with Crippen LogP contribution in [0, 0.1) is 0 Å². The van der Waals surface area contributed by atoms with E-state index in [4.69, 9.17) is 4.74 Å². The Labute approximate surface area is 149 Å². The van der Waals surface area contributed by atoms with Gasteiger partial charge in [-0.15, -0.1) is 13.2 Å². The Morgan fingerprint density at radius 2 is 1.54 bits per heavy atom. The smallest absolute Gasteiger partial charge is 0.494 e. The van der Waals surface area contributed by atoms with Crippen LogP contribution in [0.4, 0.5) is 24.5 Å². The van der Waals surface area contributed by atoms with E-state index in [1.807, 2.05) is 6.92 Å². The fraction of sp³-hybridized carbons (Fsp3) is 0.278. The van der Waals surface area contributed by atoms with Gasteiger partial charge in [0.15, 0.2) is 0 Å². The van der Waals surface area contributed by atoms with E-state index in [1.165, 1.54) is 24.3 Å². The van der Waals surface area contributed by atoms with Crippen LogP contribution in [-0.2, 0) is 4.79 Å². The third kappa shape index (κ3) is 6.19. The molecule has 2 aromatic carbocycles. The van der Waals surface area contributed by atoms with Crippen molar-refractivity contribution in [2.24, 2.45) is 0 Å². The SMILES string of the molecule is CCOc1ccc(NC(=O)[C@@H](C)Nc2ccc(OC(F)(F)F)cc2)cc1. The summed E-state index contributed by atoms with van der Waals surface area (Å²) >= 11 is 0. The third-order valence-electron chi connectivity index (χ3n) is 3.30. The molecular formula is C18H19F3N2O3. The van der Waals surface area contributed by atoms with Crippen LogP contribution in [-0.4, -0.2) is 24.9 Å². The number of rotatable bonds is 7.